The van der Waals surface area contributed by atoms with Crippen LogP contribution in [0.25, 0.3) is 0 Å². The Labute approximate surface area is 84.2 Å². The van der Waals surface area contributed by atoms with Crippen molar-refractivity contribution in [3.05, 3.63) is 40.6 Å². The molecule has 0 aliphatic heterocycles. The zero-order valence-electron chi connectivity index (χ0n) is 8.69. The van der Waals surface area contributed by atoms with Gasteiger partial charge in [-0.05, 0) is 6.07 Å². The van der Waals surface area contributed by atoms with Crippen molar-refractivity contribution in [1.82, 2.24) is 0 Å². The van der Waals surface area contributed by atoms with Gasteiger partial charge in [0.15, 0.2) is 5.43 Å². The molecule has 3 N–H and O–H groups in total. The summed E-state index contributed by atoms with van der Waals surface area (Å²) in [7, 11) is 0. The second-order valence-corrected chi connectivity index (χ2v) is 3.32. The SMILES string of the molecule is CC(C)C[NH3+].O=c1cccccc1[O-]. The first-order chi connectivity index (χ1) is 6.57. The molecule has 1 aromatic rings. The highest BCUT2D eigenvalue weighted by molar-refractivity contribution is 5.16. The van der Waals surface area contributed by atoms with Gasteiger partial charge in [-0.1, -0.05) is 43.9 Å². The van der Waals surface area contributed by atoms with Crippen molar-refractivity contribution in [2.24, 2.45) is 5.92 Å². The number of hydrogen-bond acceptors (Lipinski definition) is 2. The minimum absolute atomic E-state index is 0.458. The summed E-state index contributed by atoms with van der Waals surface area (Å²) >= 11 is 0. The fourth-order valence-corrected chi connectivity index (χ4v) is 0.514. The molecule has 0 atom stereocenters. The molecule has 1 rings (SSSR count). The van der Waals surface area contributed by atoms with Gasteiger partial charge in [0.2, 0.25) is 0 Å². The van der Waals surface area contributed by atoms with Gasteiger partial charge < -0.3 is 10.8 Å². The lowest BCUT2D eigenvalue weighted by Gasteiger charge is -1.93. The second kappa shape index (κ2) is 7.09. The standard InChI is InChI=1S/C7H6O2.C4H11N/c8-6-4-2-1-3-5-7(6)9;1-4(2)3-5/h1-5H,(H,8,9);4H,3,5H2,1-2H3. The predicted molar refractivity (Wildman–Crippen MR) is 54.8 cm³/mol. The molecule has 0 saturated carbocycles. The average molecular weight is 195 g/mol. The quantitative estimate of drug-likeness (QED) is 0.685. The van der Waals surface area contributed by atoms with Crippen LogP contribution < -0.4 is 16.3 Å². The van der Waals surface area contributed by atoms with E-state index in [-0.39, 0.29) is 0 Å². The zero-order valence-corrected chi connectivity index (χ0v) is 8.69. The van der Waals surface area contributed by atoms with Crippen molar-refractivity contribution >= 4 is 0 Å². The maximum atomic E-state index is 10.5. The first-order valence-electron chi connectivity index (χ1n) is 4.63. The molecule has 0 bridgehead atoms. The molecule has 0 aliphatic carbocycles. The van der Waals surface area contributed by atoms with Crippen molar-refractivity contribution in [2.45, 2.75) is 13.8 Å². The highest BCUT2D eigenvalue weighted by Gasteiger charge is 1.83. The fourth-order valence-electron chi connectivity index (χ4n) is 0.514. The summed E-state index contributed by atoms with van der Waals surface area (Å²) in [6.07, 6.45) is 0. The molecular formula is C11H17NO2. The van der Waals surface area contributed by atoms with Crippen molar-refractivity contribution in [3.8, 4) is 5.75 Å². The molecule has 0 spiro atoms. The molecule has 3 heteroatoms. The van der Waals surface area contributed by atoms with E-state index in [2.05, 4.69) is 19.6 Å². The summed E-state index contributed by atoms with van der Waals surface area (Å²) in [6, 6.07) is 7.24. The third-order valence-electron chi connectivity index (χ3n) is 1.54. The topological polar surface area (TPSA) is 67.8 Å². The average Bonchev–Trinajstić information content (AvgIpc) is 2.33. The highest BCUT2D eigenvalue weighted by atomic mass is 16.3. The maximum absolute atomic E-state index is 10.5. The summed E-state index contributed by atoms with van der Waals surface area (Å²) in [6.45, 7) is 5.38. The predicted octanol–water partition coefficient (Wildman–Crippen LogP) is 0.00470. The van der Waals surface area contributed by atoms with E-state index in [0.29, 0.717) is 0 Å². The first-order valence-corrected chi connectivity index (χ1v) is 4.63. The van der Waals surface area contributed by atoms with Crippen LogP contribution >= 0.6 is 0 Å². The summed E-state index contributed by atoms with van der Waals surface area (Å²) in [5.41, 5.74) is 3.23. The van der Waals surface area contributed by atoms with E-state index in [4.69, 9.17) is 0 Å². The highest BCUT2D eigenvalue weighted by Crippen LogP contribution is 1.89. The van der Waals surface area contributed by atoms with Gasteiger partial charge in [-0.3, -0.25) is 4.79 Å². The molecule has 78 valence electrons. The molecule has 0 saturated heterocycles. The van der Waals surface area contributed by atoms with Crippen LogP contribution in [0.4, 0.5) is 0 Å². The Kier molecular flexibility index (Phi) is 6.41. The second-order valence-electron chi connectivity index (χ2n) is 3.32. The van der Waals surface area contributed by atoms with E-state index in [9.17, 15) is 9.90 Å². The Balaban J connectivity index is 0.000000292. The lowest BCUT2D eigenvalue weighted by atomic mass is 10.2. The van der Waals surface area contributed by atoms with Crippen LogP contribution in [0, 0.1) is 5.92 Å². The molecule has 14 heavy (non-hydrogen) atoms. The molecule has 0 aromatic heterocycles. The summed E-state index contributed by atoms with van der Waals surface area (Å²) in [5.74, 6) is 0.315. The van der Waals surface area contributed by atoms with Gasteiger partial charge in [-0.15, -0.1) is 0 Å². The molecule has 0 amide bonds. The number of rotatable bonds is 1. The number of hydrogen-bond donors (Lipinski definition) is 1. The number of quaternary nitrogens is 1. The molecule has 3 nitrogen and oxygen atoms in total. The van der Waals surface area contributed by atoms with Gasteiger partial charge >= 0.3 is 0 Å². The molecule has 0 heterocycles. The van der Waals surface area contributed by atoms with Crippen LogP contribution in [0.15, 0.2) is 35.1 Å². The van der Waals surface area contributed by atoms with E-state index >= 15 is 0 Å². The summed E-state index contributed by atoms with van der Waals surface area (Å²) in [5, 5.41) is 10.5. The minimum Gasteiger partial charge on any atom is -0.870 e. The molecule has 0 unspecified atom stereocenters. The van der Waals surface area contributed by atoms with Crippen molar-refractivity contribution in [1.29, 1.82) is 0 Å². The Morgan fingerprint density at radius 1 is 1.29 bits per heavy atom. The molecule has 0 fully saturated rings. The summed E-state index contributed by atoms with van der Waals surface area (Å²) < 4.78 is 0. The van der Waals surface area contributed by atoms with Gasteiger partial charge in [0.1, 0.15) is 0 Å². The largest absolute Gasteiger partial charge is 0.870 e. The van der Waals surface area contributed by atoms with Crippen LogP contribution in [0.5, 0.6) is 5.75 Å². The van der Waals surface area contributed by atoms with Gasteiger partial charge in [-0.2, -0.15) is 0 Å². The van der Waals surface area contributed by atoms with E-state index in [0.717, 1.165) is 12.5 Å². The zero-order chi connectivity index (χ0) is 11.0. The van der Waals surface area contributed by atoms with Gasteiger partial charge in [0.25, 0.3) is 0 Å². The van der Waals surface area contributed by atoms with Crippen molar-refractivity contribution < 1.29 is 10.8 Å². The monoisotopic (exact) mass is 195 g/mol. The maximum Gasteiger partial charge on any atom is 0.170 e. The normalized spacial score (nSPS) is 9.14. The van der Waals surface area contributed by atoms with Crippen molar-refractivity contribution in [2.75, 3.05) is 6.54 Å². The Bertz CT molecular complexity index is 310. The minimum atomic E-state index is -0.458. The van der Waals surface area contributed by atoms with Gasteiger partial charge in [0, 0.05) is 5.92 Å². The van der Waals surface area contributed by atoms with E-state index in [1.165, 1.54) is 12.1 Å². The smallest absolute Gasteiger partial charge is 0.170 e. The molecule has 1 aromatic carbocycles. The van der Waals surface area contributed by atoms with Crippen LogP contribution in [-0.2, 0) is 0 Å². The lowest BCUT2D eigenvalue weighted by molar-refractivity contribution is -0.376. The van der Waals surface area contributed by atoms with Crippen LogP contribution in [0.3, 0.4) is 0 Å². The Morgan fingerprint density at radius 2 is 1.79 bits per heavy atom. The molecule has 0 radical (unpaired) electrons. The fraction of sp³-hybridized carbons (Fsp3) is 0.364. The van der Waals surface area contributed by atoms with Gasteiger partial charge in [-0.25, -0.2) is 0 Å². The Morgan fingerprint density at radius 3 is 2.29 bits per heavy atom. The molecular weight excluding hydrogens is 178 g/mol. The van der Waals surface area contributed by atoms with E-state index in [1.54, 1.807) is 18.2 Å². The van der Waals surface area contributed by atoms with Crippen LogP contribution in [0.1, 0.15) is 13.8 Å². The lowest BCUT2D eigenvalue weighted by Crippen LogP contribution is -2.52. The van der Waals surface area contributed by atoms with Crippen LogP contribution in [-0.4, -0.2) is 6.54 Å². The Hall–Kier alpha value is -1.35. The third-order valence-corrected chi connectivity index (χ3v) is 1.54. The van der Waals surface area contributed by atoms with Gasteiger partial charge in [0.05, 0.1) is 6.54 Å². The van der Waals surface area contributed by atoms with Crippen LogP contribution in [0.2, 0.25) is 0 Å². The van der Waals surface area contributed by atoms with E-state index < -0.39 is 11.2 Å². The summed E-state index contributed by atoms with van der Waals surface area (Å²) in [4.78, 5) is 10.5. The van der Waals surface area contributed by atoms with Crippen molar-refractivity contribution in [3.63, 3.8) is 0 Å². The molecule has 0 aliphatic rings. The first kappa shape index (κ1) is 12.7. The third kappa shape index (κ3) is 6.20. The van der Waals surface area contributed by atoms with E-state index in [1.807, 2.05) is 0 Å².